The minimum atomic E-state index is -4.96. The summed E-state index contributed by atoms with van der Waals surface area (Å²) in [6.07, 6.45) is -6.91. The van der Waals surface area contributed by atoms with Gasteiger partial charge in [0.2, 0.25) is 0 Å². The van der Waals surface area contributed by atoms with E-state index < -0.39 is 24.2 Å². The highest BCUT2D eigenvalue weighted by Crippen LogP contribution is 2.32. The van der Waals surface area contributed by atoms with Gasteiger partial charge >= 0.3 is 12.3 Å². The number of nitrogens with two attached hydrogens (primary N) is 1. The highest BCUT2D eigenvalue weighted by atomic mass is 19.4. The van der Waals surface area contributed by atoms with Crippen molar-refractivity contribution in [1.29, 1.82) is 0 Å². The summed E-state index contributed by atoms with van der Waals surface area (Å²) < 4.78 is 39.9. The fourth-order valence-corrected chi connectivity index (χ4v) is 1.18. The first-order chi connectivity index (χ1) is 8.24. The minimum absolute atomic E-state index is 0.200. The number of hydrogen-bond donors (Lipinski definition) is 4. The van der Waals surface area contributed by atoms with Crippen LogP contribution in [0.3, 0.4) is 0 Å². The number of hydrogen-bond acceptors (Lipinski definition) is 5. The normalized spacial score (nSPS) is 12.9. The summed E-state index contributed by atoms with van der Waals surface area (Å²) in [5.74, 6) is 2.65. The molecule has 0 aliphatic rings. The topological polar surface area (TPSA) is 105 Å². The van der Waals surface area contributed by atoms with Crippen LogP contribution in [0, 0.1) is 0 Å². The molecule has 0 aliphatic carbocycles. The predicted molar refractivity (Wildman–Crippen MR) is 53.5 cm³/mol. The molecule has 9 heteroatoms. The molecule has 1 atom stereocenters. The molecule has 0 heterocycles. The van der Waals surface area contributed by atoms with Crippen LogP contribution in [0.4, 0.5) is 18.9 Å². The molecule has 0 radical (unpaired) electrons. The average Bonchev–Trinajstić information content (AvgIpc) is 2.25. The van der Waals surface area contributed by atoms with E-state index >= 15 is 0 Å². The Bertz CT molecular complexity index is 450. The number of anilines is 1. The van der Waals surface area contributed by atoms with Gasteiger partial charge in [-0.15, -0.1) is 13.2 Å². The molecule has 18 heavy (non-hydrogen) atoms. The Morgan fingerprint density at radius 2 is 2.06 bits per heavy atom. The number of carboxylic acid groups (broad SMARTS) is 1. The number of ether oxygens (including phenoxy) is 1. The first-order valence-electron chi connectivity index (χ1n) is 4.52. The van der Waals surface area contributed by atoms with Crippen molar-refractivity contribution in [2.24, 2.45) is 5.84 Å². The monoisotopic (exact) mass is 266 g/mol. The molecule has 0 bridgehead atoms. The van der Waals surface area contributed by atoms with Crippen LogP contribution in [0.5, 0.6) is 5.75 Å². The second kappa shape index (κ2) is 5.10. The molecule has 0 aliphatic heterocycles. The van der Waals surface area contributed by atoms with Crippen LogP contribution >= 0.6 is 0 Å². The van der Waals surface area contributed by atoms with Crippen LogP contribution in [-0.2, 0) is 4.79 Å². The summed E-state index contributed by atoms with van der Waals surface area (Å²) in [5.41, 5.74) is 1.50. The number of rotatable bonds is 4. The van der Waals surface area contributed by atoms with Gasteiger partial charge in [0.15, 0.2) is 11.9 Å². The van der Waals surface area contributed by atoms with Crippen molar-refractivity contribution >= 4 is 11.7 Å². The quantitative estimate of drug-likeness (QED) is 0.478. The maximum absolute atomic E-state index is 12.1. The molecular weight excluding hydrogens is 257 g/mol. The van der Waals surface area contributed by atoms with Gasteiger partial charge in [0.25, 0.3) is 0 Å². The molecule has 5 N–H and O–H groups in total. The van der Waals surface area contributed by atoms with Crippen molar-refractivity contribution in [3.8, 4) is 5.75 Å². The Labute approximate surface area is 98.7 Å². The zero-order chi connectivity index (χ0) is 13.9. The lowest BCUT2D eigenvalue weighted by molar-refractivity contribution is -0.274. The lowest BCUT2D eigenvalue weighted by Crippen LogP contribution is -2.20. The molecule has 0 saturated heterocycles. The molecule has 6 nitrogen and oxygen atoms in total. The van der Waals surface area contributed by atoms with Crippen molar-refractivity contribution in [3.63, 3.8) is 0 Å². The summed E-state index contributed by atoms with van der Waals surface area (Å²) in [5, 5.41) is 17.7. The van der Waals surface area contributed by atoms with Crippen LogP contribution in [-0.4, -0.2) is 22.5 Å². The van der Waals surface area contributed by atoms with Gasteiger partial charge in [-0.1, -0.05) is 6.07 Å². The van der Waals surface area contributed by atoms with E-state index in [2.05, 4.69) is 4.74 Å². The lowest BCUT2D eigenvalue weighted by Gasteiger charge is -2.15. The summed E-state index contributed by atoms with van der Waals surface area (Å²) in [4.78, 5) is 10.5. The van der Waals surface area contributed by atoms with Gasteiger partial charge < -0.3 is 20.4 Å². The second-order valence-corrected chi connectivity index (χ2v) is 3.19. The molecule has 0 aromatic heterocycles. The van der Waals surface area contributed by atoms with Crippen LogP contribution in [0.1, 0.15) is 11.7 Å². The van der Waals surface area contributed by atoms with Gasteiger partial charge in [-0.05, 0) is 17.7 Å². The molecule has 0 fully saturated rings. The molecule has 100 valence electrons. The number of nitrogens with one attached hydrogen (secondary N) is 1. The van der Waals surface area contributed by atoms with Gasteiger partial charge in [-0.2, -0.15) is 0 Å². The Balaban J connectivity index is 3.13. The Kier molecular flexibility index (Phi) is 3.99. The Hall–Kier alpha value is -2.00. The molecular formula is C9H9F3N2O4. The number of nitrogen functional groups attached to an aromatic ring is 1. The molecule has 0 saturated carbocycles. The largest absolute Gasteiger partial charge is 0.573 e. The first kappa shape index (κ1) is 14.1. The Morgan fingerprint density at radius 1 is 1.44 bits per heavy atom. The van der Waals surface area contributed by atoms with E-state index in [1.54, 1.807) is 0 Å². The van der Waals surface area contributed by atoms with Crippen LogP contribution in [0.15, 0.2) is 18.2 Å². The van der Waals surface area contributed by atoms with Crippen molar-refractivity contribution < 1.29 is 32.9 Å². The van der Waals surface area contributed by atoms with E-state index in [9.17, 15) is 23.1 Å². The van der Waals surface area contributed by atoms with Crippen LogP contribution in [0.2, 0.25) is 0 Å². The highest BCUT2D eigenvalue weighted by Gasteiger charge is 2.32. The van der Waals surface area contributed by atoms with Crippen molar-refractivity contribution in [2.75, 3.05) is 5.43 Å². The molecule has 1 aromatic carbocycles. The van der Waals surface area contributed by atoms with Crippen LogP contribution in [0.25, 0.3) is 0 Å². The zero-order valence-corrected chi connectivity index (χ0v) is 8.73. The van der Waals surface area contributed by atoms with Crippen LogP contribution < -0.4 is 16.0 Å². The molecule has 1 aromatic rings. The van der Waals surface area contributed by atoms with E-state index in [1.807, 2.05) is 5.43 Å². The standard InChI is InChI=1S/C9H9F3N2O4/c10-9(11,12)18-6-3-4(7(15)8(16)17)1-2-5(6)14-13/h1-3,7,14-15H,13H2,(H,16,17). The highest BCUT2D eigenvalue weighted by molar-refractivity contribution is 5.75. The van der Waals surface area contributed by atoms with Gasteiger partial charge in [-0.25, -0.2) is 4.79 Å². The van der Waals surface area contributed by atoms with E-state index in [-0.39, 0.29) is 11.3 Å². The van der Waals surface area contributed by atoms with Gasteiger partial charge in [0.05, 0.1) is 5.69 Å². The molecule has 1 rings (SSSR count). The SMILES string of the molecule is NNc1ccc(C(O)C(=O)O)cc1OC(F)(F)F. The number of hydrazine groups is 1. The lowest BCUT2D eigenvalue weighted by atomic mass is 10.1. The number of aliphatic hydroxyl groups excluding tert-OH is 1. The van der Waals surface area contributed by atoms with Gasteiger partial charge in [-0.3, -0.25) is 5.84 Å². The van der Waals surface area contributed by atoms with Gasteiger partial charge in [0.1, 0.15) is 0 Å². The number of alkyl halides is 3. The summed E-state index contributed by atoms with van der Waals surface area (Å²) in [6, 6.07) is 2.90. The van der Waals surface area contributed by atoms with E-state index in [1.165, 1.54) is 0 Å². The smallest absolute Gasteiger partial charge is 0.479 e. The van der Waals surface area contributed by atoms with Crippen molar-refractivity contribution in [2.45, 2.75) is 12.5 Å². The van der Waals surface area contributed by atoms with Crippen molar-refractivity contribution in [1.82, 2.24) is 0 Å². The second-order valence-electron chi connectivity index (χ2n) is 3.19. The first-order valence-corrected chi connectivity index (χ1v) is 4.52. The predicted octanol–water partition coefficient (Wildman–Crippen LogP) is 0.989. The fourth-order valence-electron chi connectivity index (χ4n) is 1.18. The number of halogens is 3. The summed E-state index contributed by atoms with van der Waals surface area (Å²) >= 11 is 0. The third-order valence-electron chi connectivity index (χ3n) is 1.94. The Morgan fingerprint density at radius 3 is 2.50 bits per heavy atom. The number of aliphatic hydroxyl groups is 1. The number of carboxylic acids is 1. The van der Waals surface area contributed by atoms with E-state index in [0.717, 1.165) is 18.2 Å². The van der Waals surface area contributed by atoms with E-state index in [4.69, 9.17) is 10.9 Å². The summed E-state index contributed by atoms with van der Waals surface area (Å²) in [7, 11) is 0. The van der Waals surface area contributed by atoms with Gasteiger partial charge in [0, 0.05) is 0 Å². The third-order valence-corrected chi connectivity index (χ3v) is 1.94. The minimum Gasteiger partial charge on any atom is -0.479 e. The zero-order valence-electron chi connectivity index (χ0n) is 8.73. The maximum Gasteiger partial charge on any atom is 0.573 e. The number of aliphatic carboxylic acids is 1. The third kappa shape index (κ3) is 3.50. The number of carbonyl (C=O) groups is 1. The number of benzene rings is 1. The van der Waals surface area contributed by atoms with Crippen molar-refractivity contribution in [3.05, 3.63) is 23.8 Å². The molecule has 0 amide bonds. The maximum atomic E-state index is 12.1. The molecule has 1 unspecified atom stereocenters. The van der Waals surface area contributed by atoms with E-state index in [0.29, 0.717) is 0 Å². The molecule has 0 spiro atoms. The summed E-state index contributed by atoms with van der Waals surface area (Å²) in [6.45, 7) is 0. The fraction of sp³-hybridized carbons (Fsp3) is 0.222. The average molecular weight is 266 g/mol.